The highest BCUT2D eigenvalue weighted by Crippen LogP contribution is 2.33. The fraction of sp³-hybridized carbons (Fsp3) is 0.211. The summed E-state index contributed by atoms with van der Waals surface area (Å²) < 4.78 is 6.49. The number of hydrogen-bond acceptors (Lipinski definition) is 5. The lowest BCUT2D eigenvalue weighted by molar-refractivity contribution is -0.139. The number of methoxy groups -OCH3 is 1. The third-order valence-electron chi connectivity index (χ3n) is 4.01. The zero-order valence-corrected chi connectivity index (χ0v) is 14.8. The molecule has 2 heterocycles. The Morgan fingerprint density at radius 3 is 2.69 bits per heavy atom. The van der Waals surface area contributed by atoms with Crippen molar-refractivity contribution in [3.8, 4) is 17.0 Å². The van der Waals surface area contributed by atoms with Crippen molar-refractivity contribution in [2.45, 2.75) is 13.8 Å². The van der Waals surface area contributed by atoms with E-state index in [1.54, 1.807) is 28.7 Å². The van der Waals surface area contributed by atoms with Crippen LogP contribution in [0.4, 0.5) is 5.82 Å². The first-order valence-electron chi connectivity index (χ1n) is 8.03. The SMILES string of the molecule is COC(=O)CN(C(C)=O)c1c(-c2cccc(O)c2)nc2ccc(C)cn12. The van der Waals surface area contributed by atoms with E-state index in [1.807, 2.05) is 25.3 Å². The second-order valence-electron chi connectivity index (χ2n) is 5.95. The van der Waals surface area contributed by atoms with Crippen LogP contribution in [0, 0.1) is 6.92 Å². The van der Waals surface area contributed by atoms with Crippen molar-refractivity contribution in [2.24, 2.45) is 0 Å². The van der Waals surface area contributed by atoms with Crippen LogP contribution >= 0.6 is 0 Å². The van der Waals surface area contributed by atoms with Gasteiger partial charge in [0.2, 0.25) is 5.91 Å². The summed E-state index contributed by atoms with van der Waals surface area (Å²) in [6.45, 7) is 3.07. The van der Waals surface area contributed by atoms with E-state index in [2.05, 4.69) is 4.98 Å². The predicted octanol–water partition coefficient (Wildman–Crippen LogP) is 2.54. The molecule has 0 fully saturated rings. The predicted molar refractivity (Wildman–Crippen MR) is 97.1 cm³/mol. The molecule has 0 saturated carbocycles. The molecule has 134 valence electrons. The van der Waals surface area contributed by atoms with E-state index < -0.39 is 5.97 Å². The fourth-order valence-electron chi connectivity index (χ4n) is 2.77. The van der Waals surface area contributed by atoms with Gasteiger partial charge in [0.15, 0.2) is 0 Å². The molecule has 0 atom stereocenters. The summed E-state index contributed by atoms with van der Waals surface area (Å²) in [7, 11) is 1.27. The number of rotatable bonds is 4. The minimum Gasteiger partial charge on any atom is -0.508 e. The molecule has 3 aromatic rings. The second kappa shape index (κ2) is 6.87. The molecule has 0 bridgehead atoms. The molecule has 1 amide bonds. The summed E-state index contributed by atoms with van der Waals surface area (Å²) in [5.41, 5.74) is 2.73. The molecule has 2 aromatic heterocycles. The minimum atomic E-state index is -0.537. The number of anilines is 1. The van der Waals surface area contributed by atoms with Crippen LogP contribution in [0.5, 0.6) is 5.75 Å². The van der Waals surface area contributed by atoms with Gasteiger partial charge in [-0.05, 0) is 30.7 Å². The Kier molecular flexibility index (Phi) is 4.62. The summed E-state index contributed by atoms with van der Waals surface area (Å²) in [6, 6.07) is 10.4. The summed E-state index contributed by atoms with van der Waals surface area (Å²) in [5, 5.41) is 9.83. The van der Waals surface area contributed by atoms with Crippen molar-refractivity contribution in [3.05, 3.63) is 48.2 Å². The molecule has 1 N–H and O–H groups in total. The highest BCUT2D eigenvalue weighted by atomic mass is 16.5. The number of aryl methyl sites for hydroxylation is 1. The van der Waals surface area contributed by atoms with E-state index in [0.29, 0.717) is 22.7 Å². The largest absolute Gasteiger partial charge is 0.508 e. The topological polar surface area (TPSA) is 84.1 Å². The number of nitrogens with zero attached hydrogens (tertiary/aromatic N) is 3. The van der Waals surface area contributed by atoms with E-state index in [-0.39, 0.29) is 18.2 Å². The van der Waals surface area contributed by atoms with Crippen LogP contribution in [0.15, 0.2) is 42.6 Å². The highest BCUT2D eigenvalue weighted by molar-refractivity contribution is 5.99. The number of esters is 1. The smallest absolute Gasteiger partial charge is 0.325 e. The molecule has 7 heteroatoms. The van der Waals surface area contributed by atoms with Crippen molar-refractivity contribution in [2.75, 3.05) is 18.6 Å². The van der Waals surface area contributed by atoms with Crippen molar-refractivity contribution >= 4 is 23.3 Å². The number of aromatic hydroxyl groups is 1. The minimum absolute atomic E-state index is 0.0871. The number of hydrogen-bond donors (Lipinski definition) is 1. The molecular weight excluding hydrogens is 334 g/mol. The van der Waals surface area contributed by atoms with Gasteiger partial charge in [-0.3, -0.25) is 18.9 Å². The van der Waals surface area contributed by atoms with Gasteiger partial charge in [-0.2, -0.15) is 0 Å². The number of ether oxygens (including phenoxy) is 1. The van der Waals surface area contributed by atoms with Gasteiger partial charge in [0.05, 0.1) is 7.11 Å². The lowest BCUT2D eigenvalue weighted by Crippen LogP contribution is -2.35. The van der Waals surface area contributed by atoms with Crippen LogP contribution in [0.1, 0.15) is 12.5 Å². The van der Waals surface area contributed by atoms with Crippen LogP contribution < -0.4 is 4.90 Å². The Morgan fingerprint density at radius 1 is 1.27 bits per heavy atom. The number of pyridine rings is 1. The van der Waals surface area contributed by atoms with Crippen LogP contribution in [-0.2, 0) is 14.3 Å². The first-order valence-corrected chi connectivity index (χ1v) is 8.03. The van der Waals surface area contributed by atoms with Gasteiger partial charge in [-0.25, -0.2) is 4.98 Å². The molecule has 0 aliphatic heterocycles. The maximum atomic E-state index is 12.3. The van der Waals surface area contributed by atoms with Crippen molar-refractivity contribution in [1.82, 2.24) is 9.38 Å². The summed E-state index contributed by atoms with van der Waals surface area (Å²) in [6.07, 6.45) is 1.84. The van der Waals surface area contributed by atoms with E-state index in [9.17, 15) is 14.7 Å². The van der Waals surface area contributed by atoms with E-state index in [0.717, 1.165) is 5.56 Å². The third-order valence-corrected chi connectivity index (χ3v) is 4.01. The molecular formula is C19H19N3O4. The summed E-state index contributed by atoms with van der Waals surface area (Å²) >= 11 is 0. The van der Waals surface area contributed by atoms with Crippen LogP contribution in [0.2, 0.25) is 0 Å². The number of imidazole rings is 1. The molecule has 0 aliphatic carbocycles. The van der Waals surface area contributed by atoms with Gasteiger partial charge < -0.3 is 9.84 Å². The van der Waals surface area contributed by atoms with Gasteiger partial charge >= 0.3 is 5.97 Å². The van der Waals surface area contributed by atoms with Crippen molar-refractivity contribution < 1.29 is 19.4 Å². The van der Waals surface area contributed by atoms with Gasteiger partial charge in [0, 0.05) is 18.7 Å². The zero-order chi connectivity index (χ0) is 18.8. The number of amides is 1. The maximum absolute atomic E-state index is 12.3. The Morgan fingerprint density at radius 2 is 2.04 bits per heavy atom. The number of carbonyl (C=O) groups is 2. The lowest BCUT2D eigenvalue weighted by atomic mass is 10.1. The summed E-state index contributed by atoms with van der Waals surface area (Å²) in [5.74, 6) is -0.319. The van der Waals surface area contributed by atoms with Crippen LogP contribution in [0.25, 0.3) is 16.9 Å². The Balaban J connectivity index is 2.29. The Labute approximate surface area is 150 Å². The monoisotopic (exact) mass is 353 g/mol. The van der Waals surface area contributed by atoms with Crippen molar-refractivity contribution in [3.63, 3.8) is 0 Å². The quantitative estimate of drug-likeness (QED) is 0.729. The van der Waals surface area contributed by atoms with Crippen molar-refractivity contribution in [1.29, 1.82) is 0 Å². The number of carbonyl (C=O) groups excluding carboxylic acids is 2. The van der Waals surface area contributed by atoms with Gasteiger partial charge in [0.25, 0.3) is 0 Å². The molecule has 1 aromatic carbocycles. The Bertz CT molecular complexity index is 994. The van der Waals surface area contributed by atoms with Gasteiger partial charge in [0.1, 0.15) is 29.5 Å². The molecule has 0 unspecified atom stereocenters. The second-order valence-corrected chi connectivity index (χ2v) is 5.95. The van der Waals surface area contributed by atoms with Gasteiger partial charge in [-0.15, -0.1) is 0 Å². The molecule has 3 rings (SSSR count). The Hall–Kier alpha value is -3.35. The van der Waals surface area contributed by atoms with E-state index in [1.165, 1.54) is 18.9 Å². The molecule has 26 heavy (non-hydrogen) atoms. The highest BCUT2D eigenvalue weighted by Gasteiger charge is 2.25. The fourth-order valence-corrected chi connectivity index (χ4v) is 2.77. The third kappa shape index (κ3) is 3.23. The van der Waals surface area contributed by atoms with Crippen LogP contribution in [-0.4, -0.2) is 40.0 Å². The first kappa shape index (κ1) is 17.5. The summed E-state index contributed by atoms with van der Waals surface area (Å²) in [4.78, 5) is 30.1. The molecule has 7 nitrogen and oxygen atoms in total. The first-order chi connectivity index (χ1) is 12.4. The molecule has 0 aliphatic rings. The number of phenolic OH excluding ortho intramolecular Hbond substituents is 1. The maximum Gasteiger partial charge on any atom is 0.325 e. The normalized spacial score (nSPS) is 10.7. The molecule has 0 spiro atoms. The number of phenols is 1. The molecule has 0 radical (unpaired) electrons. The van der Waals surface area contributed by atoms with E-state index in [4.69, 9.17) is 4.74 Å². The number of aromatic nitrogens is 2. The number of fused-ring (bicyclic) bond motifs is 1. The van der Waals surface area contributed by atoms with E-state index >= 15 is 0 Å². The molecule has 0 saturated heterocycles. The number of benzene rings is 1. The average Bonchev–Trinajstić information content (AvgIpc) is 2.97. The average molecular weight is 353 g/mol. The van der Waals surface area contributed by atoms with Gasteiger partial charge in [-0.1, -0.05) is 18.2 Å². The standard InChI is InChI=1S/C19H19N3O4/c1-12-7-8-16-20-18(14-5-4-6-15(24)9-14)19(22(16)10-12)21(13(2)23)11-17(25)26-3/h4-10,24H,11H2,1-3H3. The van der Waals surface area contributed by atoms with Crippen LogP contribution in [0.3, 0.4) is 0 Å². The lowest BCUT2D eigenvalue weighted by Gasteiger charge is -2.21. The zero-order valence-electron chi connectivity index (χ0n) is 14.8.